The summed E-state index contributed by atoms with van der Waals surface area (Å²) in [6.07, 6.45) is 7.75. The summed E-state index contributed by atoms with van der Waals surface area (Å²) in [6, 6.07) is 3.45. The van der Waals surface area contributed by atoms with Gasteiger partial charge in [0.15, 0.2) is 0 Å². The molecule has 0 saturated heterocycles. The molecule has 3 nitrogen and oxygen atoms in total. The van der Waals surface area contributed by atoms with Crippen molar-refractivity contribution in [3.63, 3.8) is 0 Å². The first-order chi connectivity index (χ1) is 9.52. The second kappa shape index (κ2) is 6.57. The number of carbonyl (C=O) groups excluding carboxylic acids is 1. The molecular weight excluding hydrogens is 272 g/mol. The van der Waals surface area contributed by atoms with Gasteiger partial charge in [-0.3, -0.25) is 4.79 Å². The standard InChI is InChI=1S/C16H23ClN2O/c1-12(2)10-16(7-3-4-8-16)11-19-15(20)13-6-5-9-18-14(13)17/h5-6,9,12H,3-4,7-8,10-11H2,1-2H3,(H,19,20). The number of carbonyl (C=O) groups is 1. The maximum atomic E-state index is 12.2. The molecule has 0 radical (unpaired) electrons. The van der Waals surface area contributed by atoms with E-state index in [9.17, 15) is 4.79 Å². The van der Waals surface area contributed by atoms with Crippen LogP contribution in [0.5, 0.6) is 0 Å². The number of aromatic nitrogens is 1. The Morgan fingerprint density at radius 3 is 2.75 bits per heavy atom. The van der Waals surface area contributed by atoms with Gasteiger partial charge in [0, 0.05) is 12.7 Å². The molecule has 2 rings (SSSR count). The van der Waals surface area contributed by atoms with E-state index in [1.54, 1.807) is 18.3 Å². The number of nitrogens with one attached hydrogen (secondary N) is 1. The fourth-order valence-corrected chi connectivity index (χ4v) is 3.57. The van der Waals surface area contributed by atoms with Crippen LogP contribution >= 0.6 is 11.6 Å². The Balaban J connectivity index is 1.99. The van der Waals surface area contributed by atoms with Crippen molar-refractivity contribution < 1.29 is 4.79 Å². The van der Waals surface area contributed by atoms with Crippen LogP contribution < -0.4 is 5.32 Å². The van der Waals surface area contributed by atoms with E-state index in [4.69, 9.17) is 11.6 Å². The lowest BCUT2D eigenvalue weighted by Crippen LogP contribution is -2.37. The maximum Gasteiger partial charge on any atom is 0.254 e. The molecule has 1 aromatic rings. The Labute approximate surface area is 126 Å². The van der Waals surface area contributed by atoms with Gasteiger partial charge < -0.3 is 5.32 Å². The minimum Gasteiger partial charge on any atom is -0.351 e. The van der Waals surface area contributed by atoms with Crippen LogP contribution in [0.25, 0.3) is 0 Å². The first-order valence-corrected chi connectivity index (χ1v) is 7.79. The van der Waals surface area contributed by atoms with Gasteiger partial charge in [0.05, 0.1) is 5.56 Å². The second-order valence-corrected chi connectivity index (χ2v) is 6.69. The molecule has 0 unspecified atom stereocenters. The molecular formula is C16H23ClN2O. The van der Waals surface area contributed by atoms with E-state index < -0.39 is 0 Å². The van der Waals surface area contributed by atoms with Crippen molar-refractivity contribution in [3.8, 4) is 0 Å². The number of halogens is 1. The zero-order valence-electron chi connectivity index (χ0n) is 12.3. The van der Waals surface area contributed by atoms with Crippen LogP contribution in [0.3, 0.4) is 0 Å². The summed E-state index contributed by atoms with van der Waals surface area (Å²) in [5.74, 6) is 0.546. The highest BCUT2D eigenvalue weighted by atomic mass is 35.5. The van der Waals surface area contributed by atoms with Crippen molar-refractivity contribution in [1.29, 1.82) is 0 Å². The molecule has 4 heteroatoms. The van der Waals surface area contributed by atoms with Gasteiger partial charge >= 0.3 is 0 Å². The van der Waals surface area contributed by atoms with Gasteiger partial charge in [-0.25, -0.2) is 4.98 Å². The highest BCUT2D eigenvalue weighted by Gasteiger charge is 2.34. The van der Waals surface area contributed by atoms with Crippen LogP contribution in [-0.2, 0) is 0 Å². The quantitative estimate of drug-likeness (QED) is 0.832. The molecule has 0 bridgehead atoms. The third-order valence-electron chi connectivity index (χ3n) is 4.13. The fourth-order valence-electron chi connectivity index (χ4n) is 3.36. The van der Waals surface area contributed by atoms with Gasteiger partial charge in [-0.1, -0.05) is 38.3 Å². The SMILES string of the molecule is CC(C)CC1(CNC(=O)c2cccnc2Cl)CCCC1. The molecule has 1 fully saturated rings. The summed E-state index contributed by atoms with van der Waals surface area (Å²) >= 11 is 5.96. The van der Waals surface area contributed by atoms with Gasteiger partial charge in [-0.15, -0.1) is 0 Å². The largest absolute Gasteiger partial charge is 0.351 e. The predicted molar refractivity (Wildman–Crippen MR) is 81.9 cm³/mol. The fraction of sp³-hybridized carbons (Fsp3) is 0.625. The maximum absolute atomic E-state index is 12.2. The number of rotatable bonds is 5. The molecule has 1 heterocycles. The molecule has 1 aliphatic rings. The molecule has 1 aliphatic carbocycles. The Kier molecular flexibility index (Phi) is 5.03. The average molecular weight is 295 g/mol. The van der Waals surface area contributed by atoms with E-state index in [1.807, 2.05) is 0 Å². The first kappa shape index (κ1) is 15.3. The van der Waals surface area contributed by atoms with E-state index in [1.165, 1.54) is 32.1 Å². The highest BCUT2D eigenvalue weighted by molar-refractivity contribution is 6.32. The van der Waals surface area contributed by atoms with Gasteiger partial charge in [0.2, 0.25) is 0 Å². The van der Waals surface area contributed by atoms with Crippen molar-refractivity contribution in [1.82, 2.24) is 10.3 Å². The van der Waals surface area contributed by atoms with Crippen molar-refractivity contribution in [2.75, 3.05) is 6.54 Å². The van der Waals surface area contributed by atoms with Crippen LogP contribution in [0, 0.1) is 11.3 Å². The normalized spacial score (nSPS) is 17.4. The first-order valence-electron chi connectivity index (χ1n) is 7.41. The van der Waals surface area contributed by atoms with Gasteiger partial charge in [0.25, 0.3) is 5.91 Å². The van der Waals surface area contributed by atoms with Crippen molar-refractivity contribution in [3.05, 3.63) is 29.0 Å². The van der Waals surface area contributed by atoms with Crippen LogP contribution in [0.1, 0.15) is 56.3 Å². The summed E-state index contributed by atoms with van der Waals surface area (Å²) in [5, 5.41) is 3.34. The van der Waals surface area contributed by atoms with Crippen LogP contribution in [-0.4, -0.2) is 17.4 Å². The molecule has 0 atom stereocenters. The zero-order chi connectivity index (χ0) is 14.6. The molecule has 1 N–H and O–H groups in total. The summed E-state index contributed by atoms with van der Waals surface area (Å²) in [7, 11) is 0. The van der Waals surface area contributed by atoms with Crippen molar-refractivity contribution in [2.45, 2.75) is 46.0 Å². The summed E-state index contributed by atoms with van der Waals surface area (Å²) < 4.78 is 0. The lowest BCUT2D eigenvalue weighted by Gasteiger charge is -2.31. The van der Waals surface area contributed by atoms with Crippen molar-refractivity contribution in [2.24, 2.45) is 11.3 Å². The lowest BCUT2D eigenvalue weighted by molar-refractivity contribution is 0.0921. The van der Waals surface area contributed by atoms with Crippen molar-refractivity contribution >= 4 is 17.5 Å². The Morgan fingerprint density at radius 1 is 1.45 bits per heavy atom. The van der Waals surface area contributed by atoms with E-state index >= 15 is 0 Å². The number of pyridine rings is 1. The van der Waals surface area contributed by atoms with E-state index in [2.05, 4.69) is 24.1 Å². The van der Waals surface area contributed by atoms with E-state index in [0.29, 0.717) is 11.5 Å². The van der Waals surface area contributed by atoms with Crippen LogP contribution in [0.4, 0.5) is 0 Å². The molecule has 110 valence electrons. The Hall–Kier alpha value is -1.09. The van der Waals surface area contributed by atoms with Crippen LogP contribution in [0.15, 0.2) is 18.3 Å². The molecule has 0 spiro atoms. The molecule has 1 amide bonds. The number of amides is 1. The topological polar surface area (TPSA) is 42.0 Å². The zero-order valence-corrected chi connectivity index (χ0v) is 13.0. The second-order valence-electron chi connectivity index (χ2n) is 6.33. The van der Waals surface area contributed by atoms with Gasteiger partial charge in [0.1, 0.15) is 5.15 Å². The molecule has 1 aromatic heterocycles. The van der Waals surface area contributed by atoms with Gasteiger partial charge in [-0.2, -0.15) is 0 Å². The molecule has 1 saturated carbocycles. The third-order valence-corrected chi connectivity index (χ3v) is 4.43. The summed E-state index contributed by atoms with van der Waals surface area (Å²) in [4.78, 5) is 16.2. The highest BCUT2D eigenvalue weighted by Crippen LogP contribution is 2.42. The minimum atomic E-state index is -0.113. The number of nitrogens with zero attached hydrogens (tertiary/aromatic N) is 1. The van der Waals surface area contributed by atoms with Gasteiger partial charge in [-0.05, 0) is 42.7 Å². The molecule has 0 aromatic carbocycles. The monoisotopic (exact) mass is 294 g/mol. The molecule has 0 aliphatic heterocycles. The average Bonchev–Trinajstić information content (AvgIpc) is 2.84. The molecule has 20 heavy (non-hydrogen) atoms. The Morgan fingerprint density at radius 2 is 2.15 bits per heavy atom. The summed E-state index contributed by atoms with van der Waals surface area (Å²) in [6.45, 7) is 5.25. The Bertz CT molecular complexity index is 467. The number of hydrogen-bond donors (Lipinski definition) is 1. The van der Waals surface area contributed by atoms with E-state index in [0.717, 1.165) is 6.54 Å². The number of hydrogen-bond acceptors (Lipinski definition) is 2. The third kappa shape index (κ3) is 3.72. The van der Waals surface area contributed by atoms with E-state index in [-0.39, 0.29) is 16.5 Å². The minimum absolute atomic E-state index is 0.113. The summed E-state index contributed by atoms with van der Waals surface area (Å²) in [5.41, 5.74) is 0.741. The smallest absolute Gasteiger partial charge is 0.254 e. The van der Waals surface area contributed by atoms with Crippen LogP contribution in [0.2, 0.25) is 5.15 Å². The predicted octanol–water partition coefficient (Wildman–Crippen LogP) is 4.07. The lowest BCUT2D eigenvalue weighted by atomic mass is 9.78.